The lowest BCUT2D eigenvalue weighted by Gasteiger charge is -2.22. The normalized spacial score (nSPS) is 11.9. The van der Waals surface area contributed by atoms with Crippen LogP contribution in [0.3, 0.4) is 0 Å². The molecule has 2 aromatic carbocycles. The van der Waals surface area contributed by atoms with Gasteiger partial charge in [0.05, 0.1) is 18.1 Å². The SMILES string of the molecule is COc1ccc(CC(NC(=O)OC(C)(C)C)C(=O)O)cc1COc1cccc([N+](=O)[O-])c1. The fourth-order valence-electron chi connectivity index (χ4n) is 2.81. The molecule has 2 N–H and O–H groups in total. The summed E-state index contributed by atoms with van der Waals surface area (Å²) in [6.07, 6.45) is -0.824. The number of ether oxygens (including phenoxy) is 3. The number of hydrogen-bond acceptors (Lipinski definition) is 7. The van der Waals surface area contributed by atoms with Gasteiger partial charge in [-0.05, 0) is 44.5 Å². The van der Waals surface area contributed by atoms with Crippen LogP contribution in [0.25, 0.3) is 0 Å². The molecule has 2 aromatic rings. The minimum atomic E-state index is -1.21. The maximum atomic E-state index is 12.0. The Morgan fingerprint density at radius 2 is 1.91 bits per heavy atom. The van der Waals surface area contributed by atoms with E-state index in [4.69, 9.17) is 14.2 Å². The predicted molar refractivity (Wildman–Crippen MR) is 115 cm³/mol. The zero-order valence-electron chi connectivity index (χ0n) is 18.3. The van der Waals surface area contributed by atoms with Crippen LogP contribution in [-0.2, 0) is 22.6 Å². The Bertz CT molecular complexity index is 984. The Morgan fingerprint density at radius 1 is 1.19 bits per heavy atom. The second-order valence-electron chi connectivity index (χ2n) is 7.93. The minimum absolute atomic E-state index is 0.00236. The number of amides is 1. The number of hydrogen-bond donors (Lipinski definition) is 2. The molecule has 0 saturated heterocycles. The van der Waals surface area contributed by atoms with Crippen molar-refractivity contribution in [1.82, 2.24) is 5.32 Å². The number of carbonyl (C=O) groups is 2. The van der Waals surface area contributed by atoms with E-state index < -0.39 is 28.6 Å². The smallest absolute Gasteiger partial charge is 0.408 e. The molecule has 0 fully saturated rings. The molecule has 10 nitrogen and oxygen atoms in total. The van der Waals surface area contributed by atoms with Gasteiger partial charge in [0.1, 0.15) is 29.7 Å². The molecule has 0 saturated carbocycles. The first-order valence-electron chi connectivity index (χ1n) is 9.74. The van der Waals surface area contributed by atoms with Crippen LogP contribution in [0.5, 0.6) is 11.5 Å². The van der Waals surface area contributed by atoms with Gasteiger partial charge in [0.2, 0.25) is 0 Å². The van der Waals surface area contributed by atoms with Crippen LogP contribution in [-0.4, -0.2) is 40.8 Å². The minimum Gasteiger partial charge on any atom is -0.496 e. The number of rotatable bonds is 9. The number of carbonyl (C=O) groups excluding carboxylic acids is 1. The van der Waals surface area contributed by atoms with Crippen molar-refractivity contribution < 1.29 is 33.8 Å². The zero-order chi connectivity index (χ0) is 23.9. The average molecular weight is 446 g/mol. The number of nitro groups is 1. The van der Waals surface area contributed by atoms with Crippen molar-refractivity contribution in [2.24, 2.45) is 0 Å². The van der Waals surface area contributed by atoms with Crippen molar-refractivity contribution in [1.29, 1.82) is 0 Å². The van der Waals surface area contributed by atoms with Gasteiger partial charge in [0, 0.05) is 18.1 Å². The van der Waals surface area contributed by atoms with Gasteiger partial charge in [0.15, 0.2) is 0 Å². The Kier molecular flexibility index (Phi) is 8.00. The first kappa shape index (κ1) is 24.4. The molecule has 0 aliphatic carbocycles. The number of nitro benzene ring substituents is 1. The number of carboxylic acids is 1. The highest BCUT2D eigenvalue weighted by atomic mass is 16.6. The van der Waals surface area contributed by atoms with Crippen LogP contribution in [0, 0.1) is 10.1 Å². The second-order valence-corrected chi connectivity index (χ2v) is 7.93. The molecule has 0 radical (unpaired) electrons. The Hall–Kier alpha value is -3.82. The van der Waals surface area contributed by atoms with Crippen molar-refractivity contribution in [2.45, 2.75) is 45.4 Å². The van der Waals surface area contributed by atoms with Gasteiger partial charge >= 0.3 is 12.1 Å². The molecule has 1 amide bonds. The van der Waals surface area contributed by atoms with Gasteiger partial charge < -0.3 is 24.6 Å². The topological polar surface area (TPSA) is 137 Å². The van der Waals surface area contributed by atoms with Crippen molar-refractivity contribution in [3.8, 4) is 11.5 Å². The molecular weight excluding hydrogens is 420 g/mol. The van der Waals surface area contributed by atoms with E-state index >= 15 is 0 Å². The predicted octanol–water partition coefficient (Wildman–Crippen LogP) is 3.70. The van der Waals surface area contributed by atoms with Gasteiger partial charge in [-0.1, -0.05) is 12.1 Å². The Morgan fingerprint density at radius 3 is 2.50 bits per heavy atom. The van der Waals surface area contributed by atoms with Crippen LogP contribution in [0.4, 0.5) is 10.5 Å². The maximum Gasteiger partial charge on any atom is 0.408 e. The number of methoxy groups -OCH3 is 1. The molecule has 10 heteroatoms. The first-order valence-corrected chi connectivity index (χ1v) is 9.74. The number of alkyl carbamates (subject to hydrolysis) is 1. The summed E-state index contributed by atoms with van der Waals surface area (Å²) >= 11 is 0. The second kappa shape index (κ2) is 10.5. The third-order valence-electron chi connectivity index (χ3n) is 4.20. The fraction of sp³-hybridized carbons (Fsp3) is 0.364. The number of nitrogens with one attached hydrogen (secondary N) is 1. The van der Waals surface area contributed by atoms with E-state index in [1.165, 1.54) is 25.3 Å². The van der Waals surface area contributed by atoms with Gasteiger partial charge in [-0.3, -0.25) is 10.1 Å². The first-order chi connectivity index (χ1) is 15.0. The molecule has 0 heterocycles. The lowest BCUT2D eigenvalue weighted by molar-refractivity contribution is -0.384. The molecular formula is C22H26N2O8. The highest BCUT2D eigenvalue weighted by Crippen LogP contribution is 2.25. The molecule has 1 atom stereocenters. The standard InChI is InChI=1S/C22H26N2O8/c1-22(2,3)32-21(27)23-18(20(25)26)11-14-8-9-19(30-4)15(10-14)13-31-17-7-5-6-16(12-17)24(28)29/h5-10,12,18H,11,13H2,1-4H3,(H,23,27)(H,25,26). The number of non-ortho nitro benzene ring substituents is 1. The number of nitrogens with zero attached hydrogens (tertiary/aromatic N) is 1. The van der Waals surface area contributed by atoms with E-state index in [-0.39, 0.29) is 18.7 Å². The van der Waals surface area contributed by atoms with Gasteiger partial charge in [-0.25, -0.2) is 9.59 Å². The van der Waals surface area contributed by atoms with Gasteiger partial charge in [0.25, 0.3) is 5.69 Å². The molecule has 0 aromatic heterocycles. The third kappa shape index (κ3) is 7.46. The van der Waals surface area contributed by atoms with Crippen molar-refractivity contribution in [2.75, 3.05) is 7.11 Å². The molecule has 172 valence electrons. The highest BCUT2D eigenvalue weighted by molar-refractivity contribution is 5.80. The van der Waals surface area contributed by atoms with Crippen LogP contribution in [0.2, 0.25) is 0 Å². The summed E-state index contributed by atoms with van der Waals surface area (Å²) in [5.74, 6) is -0.395. The number of aliphatic carboxylic acids is 1. The molecule has 1 unspecified atom stereocenters. The van der Waals surface area contributed by atoms with Crippen LogP contribution in [0.1, 0.15) is 31.9 Å². The summed E-state index contributed by atoms with van der Waals surface area (Å²) in [5.41, 5.74) is 0.370. The maximum absolute atomic E-state index is 12.0. The summed E-state index contributed by atoms with van der Waals surface area (Å²) < 4.78 is 16.1. The molecule has 0 bridgehead atoms. The monoisotopic (exact) mass is 446 g/mol. The van der Waals surface area contributed by atoms with E-state index in [2.05, 4.69) is 5.32 Å². The molecule has 0 aliphatic heterocycles. The van der Waals surface area contributed by atoms with Gasteiger partial charge in [-0.2, -0.15) is 0 Å². The van der Waals surface area contributed by atoms with E-state index in [0.29, 0.717) is 22.6 Å². The third-order valence-corrected chi connectivity index (χ3v) is 4.20. The lowest BCUT2D eigenvalue weighted by atomic mass is 10.0. The quantitative estimate of drug-likeness (QED) is 0.439. The van der Waals surface area contributed by atoms with Crippen molar-refractivity contribution in [3.05, 3.63) is 63.7 Å². The Balaban J connectivity index is 2.15. The largest absolute Gasteiger partial charge is 0.496 e. The lowest BCUT2D eigenvalue weighted by Crippen LogP contribution is -2.44. The van der Waals surface area contributed by atoms with Gasteiger partial charge in [-0.15, -0.1) is 0 Å². The fourth-order valence-corrected chi connectivity index (χ4v) is 2.81. The van der Waals surface area contributed by atoms with E-state index in [0.717, 1.165) is 0 Å². The molecule has 32 heavy (non-hydrogen) atoms. The van der Waals surface area contributed by atoms with E-state index in [9.17, 15) is 24.8 Å². The average Bonchev–Trinajstić information content (AvgIpc) is 2.70. The summed E-state index contributed by atoms with van der Waals surface area (Å²) in [7, 11) is 1.48. The summed E-state index contributed by atoms with van der Waals surface area (Å²) in [5, 5.41) is 22.8. The van der Waals surface area contributed by atoms with Crippen LogP contribution in [0.15, 0.2) is 42.5 Å². The molecule has 2 rings (SSSR count). The summed E-state index contributed by atoms with van der Waals surface area (Å²) in [6.45, 7) is 5.08. The van der Waals surface area contributed by atoms with Crippen LogP contribution >= 0.6 is 0 Å². The van der Waals surface area contributed by atoms with E-state index in [1.54, 1.807) is 45.0 Å². The van der Waals surface area contributed by atoms with E-state index in [1.807, 2.05) is 0 Å². The zero-order valence-corrected chi connectivity index (χ0v) is 18.3. The van der Waals surface area contributed by atoms with Crippen molar-refractivity contribution >= 4 is 17.7 Å². The summed E-state index contributed by atoms with van der Waals surface area (Å²) in [4.78, 5) is 34.0. The highest BCUT2D eigenvalue weighted by Gasteiger charge is 2.24. The summed E-state index contributed by atoms with van der Waals surface area (Å²) in [6, 6.07) is 9.61. The molecule has 0 aliphatic rings. The number of carboxylic acid groups (broad SMARTS) is 1. The molecule has 0 spiro atoms. The van der Waals surface area contributed by atoms with Crippen LogP contribution < -0.4 is 14.8 Å². The number of benzene rings is 2. The van der Waals surface area contributed by atoms with Crippen molar-refractivity contribution in [3.63, 3.8) is 0 Å². The Labute approximate surface area is 185 Å².